The fourth-order valence-electron chi connectivity index (χ4n) is 2.96. The molecule has 0 amide bonds. The van der Waals surface area contributed by atoms with E-state index in [1.807, 2.05) is 0 Å². The topological polar surface area (TPSA) is 42.8 Å². The molecule has 0 saturated carbocycles. The number of H-pyrrole nitrogens is 1. The van der Waals surface area contributed by atoms with Gasteiger partial charge in [-0.1, -0.05) is 6.92 Å². The summed E-state index contributed by atoms with van der Waals surface area (Å²) in [6, 6.07) is 0.423. The average Bonchev–Trinajstić information content (AvgIpc) is 2.94. The summed E-state index contributed by atoms with van der Waals surface area (Å²) < 4.78 is 8.84. The first-order valence-electron chi connectivity index (χ1n) is 6.11. The monoisotopic (exact) mass is 239 g/mol. The van der Waals surface area contributed by atoms with Gasteiger partial charge in [-0.2, -0.15) is 5.10 Å². The Hall–Kier alpha value is -0.680. The summed E-state index contributed by atoms with van der Waals surface area (Å²) in [5, 5.41) is 7.24. The van der Waals surface area contributed by atoms with Crippen LogP contribution in [0.3, 0.4) is 0 Å². The number of hydrogen-bond donors (Lipinski definition) is 1. The van der Waals surface area contributed by atoms with Crippen LogP contribution in [-0.2, 0) is 11.2 Å². The standard InChI is InChI=1S/C11H17N3OS/c1-2-3-10-12-13-11(16)14(10)8-6-7-4-5-9(8)15-7/h7-9H,2-6H2,1H3,(H,13,16). The summed E-state index contributed by atoms with van der Waals surface area (Å²) >= 11 is 5.33. The molecular formula is C11H17N3OS. The van der Waals surface area contributed by atoms with Crippen LogP contribution >= 0.6 is 12.2 Å². The minimum atomic E-state index is 0.366. The molecule has 1 aromatic rings. The van der Waals surface area contributed by atoms with Gasteiger partial charge in [-0.3, -0.25) is 9.67 Å². The van der Waals surface area contributed by atoms with Crippen molar-refractivity contribution < 1.29 is 4.74 Å². The molecule has 0 aromatic carbocycles. The lowest BCUT2D eigenvalue weighted by Gasteiger charge is -2.21. The van der Waals surface area contributed by atoms with E-state index >= 15 is 0 Å². The SMILES string of the molecule is CCCc1n[nH]c(=S)n1C1CC2CCC1O2. The van der Waals surface area contributed by atoms with E-state index < -0.39 is 0 Å². The number of hydrogen-bond acceptors (Lipinski definition) is 3. The van der Waals surface area contributed by atoms with Crippen molar-refractivity contribution >= 4 is 12.2 Å². The number of nitrogens with zero attached hydrogens (tertiary/aromatic N) is 2. The van der Waals surface area contributed by atoms with E-state index in [1.165, 1.54) is 12.8 Å². The summed E-state index contributed by atoms with van der Waals surface area (Å²) in [7, 11) is 0. The number of aromatic amines is 1. The molecule has 3 unspecified atom stereocenters. The van der Waals surface area contributed by atoms with Gasteiger partial charge in [0.05, 0.1) is 18.2 Å². The lowest BCUT2D eigenvalue weighted by molar-refractivity contribution is 0.0932. The van der Waals surface area contributed by atoms with Crippen LogP contribution < -0.4 is 0 Å². The lowest BCUT2D eigenvalue weighted by Crippen LogP contribution is -2.22. The zero-order valence-electron chi connectivity index (χ0n) is 9.48. The molecule has 3 rings (SSSR count). The Bertz CT molecular complexity index is 439. The molecule has 2 aliphatic rings. The van der Waals surface area contributed by atoms with E-state index in [0.717, 1.165) is 29.9 Å². The Kier molecular flexibility index (Phi) is 2.59. The number of rotatable bonds is 3. The van der Waals surface area contributed by atoms with Gasteiger partial charge in [0, 0.05) is 6.42 Å². The first-order valence-corrected chi connectivity index (χ1v) is 6.51. The summed E-state index contributed by atoms with van der Waals surface area (Å²) in [6.45, 7) is 2.17. The molecule has 2 fully saturated rings. The van der Waals surface area contributed by atoms with E-state index in [9.17, 15) is 0 Å². The fraction of sp³-hybridized carbons (Fsp3) is 0.818. The Morgan fingerprint density at radius 3 is 3.06 bits per heavy atom. The number of ether oxygens (including phenoxy) is 1. The smallest absolute Gasteiger partial charge is 0.195 e. The Morgan fingerprint density at radius 1 is 1.56 bits per heavy atom. The predicted molar refractivity (Wildman–Crippen MR) is 63.0 cm³/mol. The fourth-order valence-corrected chi connectivity index (χ4v) is 3.25. The highest BCUT2D eigenvalue weighted by molar-refractivity contribution is 7.71. The van der Waals surface area contributed by atoms with Crippen LogP contribution in [-0.4, -0.2) is 27.0 Å². The van der Waals surface area contributed by atoms with Crippen molar-refractivity contribution in [3.8, 4) is 0 Å². The maximum atomic E-state index is 5.89. The molecule has 0 radical (unpaired) electrons. The Morgan fingerprint density at radius 2 is 2.44 bits per heavy atom. The Labute approximate surface area is 100 Å². The largest absolute Gasteiger partial charge is 0.373 e. The van der Waals surface area contributed by atoms with E-state index in [0.29, 0.717) is 18.2 Å². The molecule has 1 aromatic heterocycles. The number of fused-ring (bicyclic) bond motifs is 2. The average molecular weight is 239 g/mol. The van der Waals surface area contributed by atoms with Crippen LogP contribution in [0, 0.1) is 4.77 Å². The summed E-state index contributed by atoms with van der Waals surface area (Å²) in [4.78, 5) is 0. The first-order chi connectivity index (χ1) is 7.79. The number of aromatic nitrogens is 3. The van der Waals surface area contributed by atoms with E-state index in [-0.39, 0.29) is 0 Å². The van der Waals surface area contributed by atoms with E-state index in [2.05, 4.69) is 21.7 Å². The third-order valence-corrected chi connectivity index (χ3v) is 3.94. The molecule has 2 bridgehead atoms. The minimum Gasteiger partial charge on any atom is -0.373 e. The molecule has 0 spiro atoms. The highest BCUT2D eigenvalue weighted by Gasteiger charge is 2.42. The second-order valence-electron chi connectivity index (χ2n) is 4.74. The van der Waals surface area contributed by atoms with Crippen molar-refractivity contribution in [3.63, 3.8) is 0 Å². The third kappa shape index (κ3) is 1.53. The van der Waals surface area contributed by atoms with Crippen molar-refractivity contribution in [3.05, 3.63) is 10.6 Å². The highest BCUT2D eigenvalue weighted by Crippen LogP contribution is 2.42. The van der Waals surface area contributed by atoms with Gasteiger partial charge in [0.25, 0.3) is 0 Å². The Balaban J connectivity index is 1.93. The predicted octanol–water partition coefficient (Wildman–Crippen LogP) is 2.39. The zero-order chi connectivity index (χ0) is 11.1. The van der Waals surface area contributed by atoms with Gasteiger partial charge in [-0.15, -0.1) is 0 Å². The maximum absolute atomic E-state index is 5.89. The van der Waals surface area contributed by atoms with E-state index in [4.69, 9.17) is 17.0 Å². The quantitative estimate of drug-likeness (QED) is 0.824. The molecule has 4 nitrogen and oxygen atoms in total. The van der Waals surface area contributed by atoms with Gasteiger partial charge >= 0.3 is 0 Å². The summed E-state index contributed by atoms with van der Waals surface area (Å²) in [5.41, 5.74) is 0. The molecule has 2 saturated heterocycles. The molecule has 0 aliphatic carbocycles. The van der Waals surface area contributed by atoms with Gasteiger partial charge in [0.1, 0.15) is 5.82 Å². The van der Waals surface area contributed by atoms with Crippen molar-refractivity contribution in [2.24, 2.45) is 0 Å². The summed E-state index contributed by atoms with van der Waals surface area (Å²) in [5.74, 6) is 1.09. The minimum absolute atomic E-state index is 0.366. The van der Waals surface area contributed by atoms with Gasteiger partial charge in [0.15, 0.2) is 4.77 Å². The molecule has 5 heteroatoms. The second kappa shape index (κ2) is 3.96. The zero-order valence-corrected chi connectivity index (χ0v) is 10.3. The number of aryl methyl sites for hydroxylation is 1. The van der Waals surface area contributed by atoms with Crippen LogP contribution in [0.5, 0.6) is 0 Å². The van der Waals surface area contributed by atoms with Crippen molar-refractivity contribution in [2.45, 2.75) is 57.3 Å². The molecule has 2 aliphatic heterocycles. The van der Waals surface area contributed by atoms with Gasteiger partial charge in [0.2, 0.25) is 0 Å². The van der Waals surface area contributed by atoms with Crippen LogP contribution in [0.4, 0.5) is 0 Å². The van der Waals surface area contributed by atoms with Crippen LogP contribution in [0.25, 0.3) is 0 Å². The van der Waals surface area contributed by atoms with Gasteiger partial charge in [-0.25, -0.2) is 0 Å². The second-order valence-corrected chi connectivity index (χ2v) is 5.13. The van der Waals surface area contributed by atoms with Crippen LogP contribution in [0.2, 0.25) is 0 Å². The third-order valence-electron chi connectivity index (χ3n) is 3.66. The van der Waals surface area contributed by atoms with Crippen LogP contribution in [0.1, 0.15) is 44.5 Å². The maximum Gasteiger partial charge on any atom is 0.195 e. The first kappa shape index (κ1) is 10.5. The molecule has 16 heavy (non-hydrogen) atoms. The molecule has 1 N–H and O–H groups in total. The van der Waals surface area contributed by atoms with Gasteiger partial charge < -0.3 is 4.74 Å². The van der Waals surface area contributed by atoms with Crippen molar-refractivity contribution in [2.75, 3.05) is 0 Å². The normalized spacial score (nSPS) is 32.4. The summed E-state index contributed by atoms with van der Waals surface area (Å²) in [6.07, 6.45) is 6.41. The number of nitrogens with one attached hydrogen (secondary N) is 1. The highest BCUT2D eigenvalue weighted by atomic mass is 32.1. The van der Waals surface area contributed by atoms with Crippen molar-refractivity contribution in [1.82, 2.24) is 14.8 Å². The van der Waals surface area contributed by atoms with Crippen molar-refractivity contribution in [1.29, 1.82) is 0 Å². The van der Waals surface area contributed by atoms with Gasteiger partial charge in [-0.05, 0) is 37.9 Å². The molecule has 88 valence electrons. The van der Waals surface area contributed by atoms with E-state index in [1.54, 1.807) is 0 Å². The lowest BCUT2D eigenvalue weighted by atomic mass is 9.95. The van der Waals surface area contributed by atoms with Crippen LogP contribution in [0.15, 0.2) is 0 Å². The molecule has 3 atom stereocenters. The molecular weight excluding hydrogens is 222 g/mol. The molecule has 3 heterocycles.